The molecule has 0 saturated carbocycles. The molecule has 108 valence electrons. The van der Waals surface area contributed by atoms with Crippen molar-refractivity contribution in [2.45, 2.75) is 13.0 Å². The molecule has 1 unspecified atom stereocenters. The summed E-state index contributed by atoms with van der Waals surface area (Å²) in [5.41, 5.74) is 10.2. The fourth-order valence-corrected chi connectivity index (χ4v) is 3.18. The van der Waals surface area contributed by atoms with Crippen LogP contribution in [0, 0.1) is 6.92 Å². The fourth-order valence-electron chi connectivity index (χ4n) is 3.18. The van der Waals surface area contributed by atoms with Gasteiger partial charge in [0, 0.05) is 55.4 Å². The van der Waals surface area contributed by atoms with E-state index in [1.54, 1.807) is 0 Å². The number of nitrogens with one attached hydrogen (secondary N) is 1. The molecule has 1 aromatic carbocycles. The van der Waals surface area contributed by atoms with E-state index in [1.807, 2.05) is 0 Å². The Kier molecular flexibility index (Phi) is 3.78. The first-order chi connectivity index (χ1) is 9.65. The Labute approximate surface area is 120 Å². The zero-order valence-corrected chi connectivity index (χ0v) is 12.4. The second-order valence-corrected chi connectivity index (χ2v) is 5.92. The van der Waals surface area contributed by atoms with Crippen LogP contribution < -0.4 is 5.73 Å². The van der Waals surface area contributed by atoms with Gasteiger partial charge in [-0.15, -0.1) is 0 Å². The van der Waals surface area contributed by atoms with E-state index < -0.39 is 0 Å². The number of hydrogen-bond acceptors (Lipinski definition) is 3. The van der Waals surface area contributed by atoms with Gasteiger partial charge in [0.1, 0.15) is 0 Å². The maximum Gasteiger partial charge on any atom is 0.0459 e. The first kappa shape index (κ1) is 13.6. The lowest BCUT2D eigenvalue weighted by Crippen LogP contribution is -2.46. The van der Waals surface area contributed by atoms with Crippen molar-refractivity contribution in [3.05, 3.63) is 35.5 Å². The van der Waals surface area contributed by atoms with Gasteiger partial charge in [-0.2, -0.15) is 0 Å². The molecule has 1 saturated heterocycles. The predicted molar refractivity (Wildman–Crippen MR) is 83.9 cm³/mol. The topological polar surface area (TPSA) is 48.3 Å². The van der Waals surface area contributed by atoms with Crippen LogP contribution in [0.25, 0.3) is 10.9 Å². The Bertz CT molecular complexity index is 581. The number of H-pyrrole nitrogens is 1. The Hall–Kier alpha value is -1.36. The van der Waals surface area contributed by atoms with E-state index in [0.29, 0.717) is 0 Å². The number of nitrogens with zero attached hydrogens (tertiary/aromatic N) is 2. The van der Waals surface area contributed by atoms with Crippen LogP contribution in [0.2, 0.25) is 0 Å². The van der Waals surface area contributed by atoms with E-state index >= 15 is 0 Å². The Morgan fingerprint density at radius 2 is 1.90 bits per heavy atom. The third kappa shape index (κ3) is 2.59. The molecule has 1 aliphatic rings. The molecule has 3 rings (SSSR count). The van der Waals surface area contributed by atoms with E-state index in [2.05, 4.69) is 53.0 Å². The van der Waals surface area contributed by atoms with Crippen molar-refractivity contribution in [3.63, 3.8) is 0 Å². The quantitative estimate of drug-likeness (QED) is 0.894. The maximum atomic E-state index is 6.50. The summed E-state index contributed by atoms with van der Waals surface area (Å²) < 4.78 is 0. The van der Waals surface area contributed by atoms with Gasteiger partial charge in [0.05, 0.1) is 0 Å². The molecule has 20 heavy (non-hydrogen) atoms. The SMILES string of the molecule is Cc1[nH]c2ccccc2c1C(N)CN1CCN(C)CC1. The number of piperazine rings is 1. The average molecular weight is 272 g/mol. The van der Waals surface area contributed by atoms with Gasteiger partial charge in [0.25, 0.3) is 0 Å². The second kappa shape index (κ2) is 5.56. The van der Waals surface area contributed by atoms with E-state index in [-0.39, 0.29) is 6.04 Å². The number of rotatable bonds is 3. The molecule has 0 radical (unpaired) electrons. The van der Waals surface area contributed by atoms with Crippen molar-refractivity contribution in [1.82, 2.24) is 14.8 Å². The molecule has 0 spiro atoms. The number of fused-ring (bicyclic) bond motifs is 1. The van der Waals surface area contributed by atoms with Gasteiger partial charge < -0.3 is 15.6 Å². The van der Waals surface area contributed by atoms with Gasteiger partial charge in [0.15, 0.2) is 0 Å². The molecule has 2 aromatic rings. The first-order valence-electron chi connectivity index (χ1n) is 7.39. The van der Waals surface area contributed by atoms with E-state index in [4.69, 9.17) is 5.73 Å². The molecule has 0 bridgehead atoms. The van der Waals surface area contributed by atoms with Crippen molar-refractivity contribution in [2.24, 2.45) is 5.73 Å². The highest BCUT2D eigenvalue weighted by Gasteiger charge is 2.20. The highest BCUT2D eigenvalue weighted by atomic mass is 15.2. The number of aryl methyl sites for hydroxylation is 1. The molecule has 3 N–H and O–H groups in total. The molecule has 4 heteroatoms. The number of aromatic nitrogens is 1. The standard InChI is InChI=1S/C16H24N4/c1-12-16(13-5-3-4-6-15(13)18-12)14(17)11-20-9-7-19(2)8-10-20/h3-6,14,18H,7-11,17H2,1-2H3. The van der Waals surface area contributed by atoms with Crippen molar-refractivity contribution in [1.29, 1.82) is 0 Å². The number of hydrogen-bond donors (Lipinski definition) is 2. The third-order valence-corrected chi connectivity index (χ3v) is 4.36. The minimum absolute atomic E-state index is 0.0783. The highest BCUT2D eigenvalue weighted by molar-refractivity contribution is 5.85. The number of aromatic amines is 1. The van der Waals surface area contributed by atoms with E-state index in [1.165, 1.54) is 22.2 Å². The Morgan fingerprint density at radius 1 is 1.20 bits per heavy atom. The minimum atomic E-state index is 0.0783. The van der Waals surface area contributed by atoms with Crippen molar-refractivity contribution >= 4 is 10.9 Å². The summed E-state index contributed by atoms with van der Waals surface area (Å²) in [4.78, 5) is 8.30. The molecule has 0 aliphatic carbocycles. The summed E-state index contributed by atoms with van der Waals surface area (Å²) in [6.45, 7) is 7.58. The Balaban J connectivity index is 1.78. The fraction of sp³-hybridized carbons (Fsp3) is 0.500. The van der Waals surface area contributed by atoms with Crippen molar-refractivity contribution in [2.75, 3.05) is 39.8 Å². The van der Waals surface area contributed by atoms with Crippen molar-refractivity contribution in [3.8, 4) is 0 Å². The number of para-hydroxylation sites is 1. The summed E-state index contributed by atoms with van der Waals surface area (Å²) in [5.74, 6) is 0. The van der Waals surface area contributed by atoms with Crippen LogP contribution >= 0.6 is 0 Å². The number of benzene rings is 1. The number of nitrogens with two attached hydrogens (primary N) is 1. The van der Waals surface area contributed by atoms with Gasteiger partial charge in [-0.25, -0.2) is 0 Å². The van der Waals surface area contributed by atoms with Crippen LogP contribution in [0.15, 0.2) is 24.3 Å². The van der Waals surface area contributed by atoms with E-state index in [9.17, 15) is 0 Å². The van der Waals surface area contributed by atoms with Crippen LogP contribution in [-0.4, -0.2) is 54.6 Å². The normalized spacial score (nSPS) is 19.6. The van der Waals surface area contributed by atoms with E-state index in [0.717, 1.165) is 32.7 Å². The summed E-state index contributed by atoms with van der Waals surface area (Å²) in [6.07, 6.45) is 0. The lowest BCUT2D eigenvalue weighted by Gasteiger charge is -2.34. The molecule has 1 atom stereocenters. The second-order valence-electron chi connectivity index (χ2n) is 5.92. The molecule has 4 nitrogen and oxygen atoms in total. The van der Waals surface area contributed by atoms with Gasteiger partial charge in [-0.05, 0) is 25.6 Å². The molecule has 1 aliphatic heterocycles. The zero-order valence-electron chi connectivity index (χ0n) is 12.4. The van der Waals surface area contributed by atoms with Gasteiger partial charge in [-0.1, -0.05) is 18.2 Å². The van der Waals surface area contributed by atoms with Crippen molar-refractivity contribution < 1.29 is 0 Å². The summed E-state index contributed by atoms with van der Waals surface area (Å²) in [6, 6.07) is 8.51. The molecule has 1 fully saturated rings. The summed E-state index contributed by atoms with van der Waals surface area (Å²) in [7, 11) is 2.18. The minimum Gasteiger partial charge on any atom is -0.358 e. The third-order valence-electron chi connectivity index (χ3n) is 4.36. The highest BCUT2D eigenvalue weighted by Crippen LogP contribution is 2.27. The first-order valence-corrected chi connectivity index (χ1v) is 7.39. The molecule has 2 heterocycles. The molecular weight excluding hydrogens is 248 g/mol. The molecular formula is C16H24N4. The number of likely N-dealkylation sites (N-methyl/N-ethyl adjacent to an activating group) is 1. The largest absolute Gasteiger partial charge is 0.358 e. The maximum absolute atomic E-state index is 6.50. The Morgan fingerprint density at radius 3 is 2.65 bits per heavy atom. The average Bonchev–Trinajstić information content (AvgIpc) is 2.77. The monoisotopic (exact) mass is 272 g/mol. The van der Waals surface area contributed by atoms with Gasteiger partial charge >= 0.3 is 0 Å². The molecule has 0 amide bonds. The van der Waals surface area contributed by atoms with Gasteiger partial charge in [0.2, 0.25) is 0 Å². The lowest BCUT2D eigenvalue weighted by atomic mass is 10.0. The lowest BCUT2D eigenvalue weighted by molar-refractivity contribution is 0.147. The van der Waals surface area contributed by atoms with Crippen LogP contribution in [0.4, 0.5) is 0 Å². The molecule has 1 aromatic heterocycles. The van der Waals surface area contributed by atoms with Gasteiger partial charge in [-0.3, -0.25) is 4.90 Å². The van der Waals surface area contributed by atoms with Crippen LogP contribution in [0.3, 0.4) is 0 Å². The summed E-state index contributed by atoms with van der Waals surface area (Å²) in [5, 5.41) is 1.27. The predicted octanol–water partition coefficient (Wildman–Crippen LogP) is 1.72. The summed E-state index contributed by atoms with van der Waals surface area (Å²) >= 11 is 0. The van der Waals surface area contributed by atoms with Crippen LogP contribution in [0.1, 0.15) is 17.3 Å². The smallest absolute Gasteiger partial charge is 0.0459 e. The zero-order chi connectivity index (χ0) is 14.1. The van der Waals surface area contributed by atoms with Crippen LogP contribution in [-0.2, 0) is 0 Å². The van der Waals surface area contributed by atoms with Crippen LogP contribution in [0.5, 0.6) is 0 Å².